The zero-order valence-corrected chi connectivity index (χ0v) is 9.63. The summed E-state index contributed by atoms with van der Waals surface area (Å²) >= 11 is 0. The fourth-order valence-corrected chi connectivity index (χ4v) is 2.12. The predicted molar refractivity (Wildman–Crippen MR) is 58.9 cm³/mol. The normalized spacial score (nSPS) is 26.1. The largest absolute Gasteiger partial charge is 0.380 e. The van der Waals surface area contributed by atoms with Crippen LogP contribution in [0.4, 0.5) is 0 Å². The molecule has 1 aliphatic rings. The van der Waals surface area contributed by atoms with Gasteiger partial charge in [-0.2, -0.15) is 0 Å². The summed E-state index contributed by atoms with van der Waals surface area (Å²) in [5, 5.41) is 3.42. The van der Waals surface area contributed by atoms with Gasteiger partial charge in [-0.3, -0.25) is 0 Å². The van der Waals surface area contributed by atoms with Gasteiger partial charge < -0.3 is 15.0 Å². The summed E-state index contributed by atoms with van der Waals surface area (Å²) in [5.41, 5.74) is 2.36. The number of nitrogens with one attached hydrogen (secondary N) is 2. The van der Waals surface area contributed by atoms with Crippen molar-refractivity contribution >= 4 is 0 Å². The van der Waals surface area contributed by atoms with Gasteiger partial charge in [-0.1, -0.05) is 6.92 Å². The van der Waals surface area contributed by atoms with Crippen molar-refractivity contribution in [2.24, 2.45) is 0 Å². The molecule has 2 N–H and O–H groups in total. The number of H-pyrrole nitrogens is 1. The lowest BCUT2D eigenvalue weighted by Crippen LogP contribution is -2.16. The van der Waals surface area contributed by atoms with Gasteiger partial charge in [-0.05, 0) is 19.8 Å². The Bertz CT molecular complexity index is 335. The van der Waals surface area contributed by atoms with E-state index >= 15 is 0 Å². The first-order valence-electron chi connectivity index (χ1n) is 5.56. The van der Waals surface area contributed by atoms with Gasteiger partial charge in [0.1, 0.15) is 5.82 Å². The quantitative estimate of drug-likeness (QED) is 0.789. The molecule has 15 heavy (non-hydrogen) atoms. The molecule has 1 fully saturated rings. The Balaban J connectivity index is 2.10. The number of nitrogens with zero attached hydrogens (tertiary/aromatic N) is 1. The van der Waals surface area contributed by atoms with Crippen molar-refractivity contribution in [2.75, 3.05) is 13.7 Å². The number of ether oxygens (including phenoxy) is 1. The first-order chi connectivity index (χ1) is 7.24. The lowest BCUT2D eigenvalue weighted by atomic mass is 10.2. The van der Waals surface area contributed by atoms with Crippen LogP contribution in [0, 0.1) is 6.92 Å². The van der Waals surface area contributed by atoms with E-state index in [2.05, 4.69) is 29.1 Å². The molecule has 4 heteroatoms. The van der Waals surface area contributed by atoms with Crippen LogP contribution in [-0.2, 0) is 11.2 Å². The Morgan fingerprint density at radius 3 is 2.87 bits per heavy atom. The van der Waals surface area contributed by atoms with E-state index in [0.29, 0.717) is 12.1 Å². The standard InChI is InChI=1S/C11H19N3O/c1-4-9-7(2)13-11(14-9)10-5-8(15-3)6-12-10/h8,10,12H,4-6H2,1-3H3,(H,13,14). The van der Waals surface area contributed by atoms with E-state index in [1.54, 1.807) is 7.11 Å². The van der Waals surface area contributed by atoms with E-state index in [9.17, 15) is 0 Å². The second-order valence-corrected chi connectivity index (χ2v) is 4.10. The van der Waals surface area contributed by atoms with Crippen LogP contribution in [0.2, 0.25) is 0 Å². The van der Waals surface area contributed by atoms with Crippen LogP contribution in [-0.4, -0.2) is 29.7 Å². The predicted octanol–water partition coefficient (Wildman–Crippen LogP) is 1.33. The number of aromatic amines is 1. The van der Waals surface area contributed by atoms with E-state index in [1.807, 2.05) is 0 Å². The Morgan fingerprint density at radius 2 is 2.33 bits per heavy atom. The van der Waals surface area contributed by atoms with E-state index in [1.165, 1.54) is 11.4 Å². The van der Waals surface area contributed by atoms with E-state index < -0.39 is 0 Å². The lowest BCUT2D eigenvalue weighted by Gasteiger charge is -2.06. The average Bonchev–Trinajstić information content (AvgIpc) is 2.83. The molecule has 2 heterocycles. The SMILES string of the molecule is CCc1nc(C2CC(OC)CN2)[nH]c1C. The number of hydrogen-bond donors (Lipinski definition) is 2. The van der Waals surface area contributed by atoms with Crippen molar-refractivity contribution in [1.82, 2.24) is 15.3 Å². The molecule has 0 amide bonds. The molecule has 2 unspecified atom stereocenters. The molecule has 1 aromatic rings. The molecule has 0 radical (unpaired) electrons. The Morgan fingerprint density at radius 1 is 1.53 bits per heavy atom. The lowest BCUT2D eigenvalue weighted by molar-refractivity contribution is 0.117. The second kappa shape index (κ2) is 4.33. The first kappa shape index (κ1) is 10.6. The molecule has 4 nitrogen and oxygen atoms in total. The third kappa shape index (κ3) is 2.06. The maximum Gasteiger partial charge on any atom is 0.123 e. The zero-order chi connectivity index (χ0) is 10.8. The molecule has 2 atom stereocenters. The highest BCUT2D eigenvalue weighted by atomic mass is 16.5. The number of aromatic nitrogens is 2. The van der Waals surface area contributed by atoms with Gasteiger partial charge in [0, 0.05) is 19.3 Å². The maximum atomic E-state index is 5.32. The molecule has 84 valence electrons. The second-order valence-electron chi connectivity index (χ2n) is 4.10. The summed E-state index contributed by atoms with van der Waals surface area (Å²) in [7, 11) is 1.76. The highest BCUT2D eigenvalue weighted by Crippen LogP contribution is 2.23. The van der Waals surface area contributed by atoms with Crippen molar-refractivity contribution < 1.29 is 4.74 Å². The third-order valence-electron chi connectivity index (χ3n) is 3.09. The number of aryl methyl sites for hydroxylation is 2. The minimum absolute atomic E-state index is 0.325. The summed E-state index contributed by atoms with van der Waals surface area (Å²) in [6.45, 7) is 5.13. The van der Waals surface area contributed by atoms with Crippen molar-refractivity contribution in [3.63, 3.8) is 0 Å². The van der Waals surface area contributed by atoms with Crippen molar-refractivity contribution in [1.29, 1.82) is 0 Å². The zero-order valence-electron chi connectivity index (χ0n) is 9.63. The van der Waals surface area contributed by atoms with Gasteiger partial charge in [0.25, 0.3) is 0 Å². The van der Waals surface area contributed by atoms with Gasteiger partial charge >= 0.3 is 0 Å². The molecule has 0 bridgehead atoms. The molecule has 1 aromatic heterocycles. The first-order valence-corrected chi connectivity index (χ1v) is 5.56. The monoisotopic (exact) mass is 209 g/mol. The smallest absolute Gasteiger partial charge is 0.123 e. The van der Waals surface area contributed by atoms with Crippen molar-refractivity contribution in [3.8, 4) is 0 Å². The molecule has 1 aliphatic heterocycles. The number of rotatable bonds is 3. The topological polar surface area (TPSA) is 49.9 Å². The third-order valence-corrected chi connectivity index (χ3v) is 3.09. The molecule has 0 saturated carbocycles. The maximum absolute atomic E-state index is 5.32. The summed E-state index contributed by atoms with van der Waals surface area (Å²) < 4.78 is 5.32. The Kier molecular flexibility index (Phi) is 3.07. The van der Waals surface area contributed by atoms with Gasteiger partial charge in [0.05, 0.1) is 17.8 Å². The van der Waals surface area contributed by atoms with E-state index in [-0.39, 0.29) is 0 Å². The molecular weight excluding hydrogens is 190 g/mol. The van der Waals surface area contributed by atoms with Crippen molar-refractivity contribution in [3.05, 3.63) is 17.2 Å². The number of hydrogen-bond acceptors (Lipinski definition) is 3. The van der Waals surface area contributed by atoms with Crippen LogP contribution in [0.5, 0.6) is 0 Å². The van der Waals surface area contributed by atoms with Gasteiger partial charge in [-0.15, -0.1) is 0 Å². The van der Waals surface area contributed by atoms with E-state index in [0.717, 1.165) is 25.2 Å². The summed E-state index contributed by atoms with van der Waals surface area (Å²) in [4.78, 5) is 7.96. The average molecular weight is 209 g/mol. The molecule has 2 rings (SSSR count). The number of imidazole rings is 1. The minimum atomic E-state index is 0.325. The van der Waals surface area contributed by atoms with Crippen LogP contribution in [0.25, 0.3) is 0 Å². The van der Waals surface area contributed by atoms with Gasteiger partial charge in [0.2, 0.25) is 0 Å². The minimum Gasteiger partial charge on any atom is -0.380 e. The van der Waals surface area contributed by atoms with Crippen LogP contribution < -0.4 is 5.32 Å². The summed E-state index contributed by atoms with van der Waals surface area (Å²) in [6, 6.07) is 0.328. The molecule has 0 aromatic carbocycles. The van der Waals surface area contributed by atoms with Crippen LogP contribution in [0.1, 0.15) is 36.6 Å². The van der Waals surface area contributed by atoms with Gasteiger partial charge in [0.15, 0.2) is 0 Å². The van der Waals surface area contributed by atoms with Crippen LogP contribution in [0.3, 0.4) is 0 Å². The van der Waals surface area contributed by atoms with Gasteiger partial charge in [-0.25, -0.2) is 4.98 Å². The molecule has 0 aliphatic carbocycles. The Labute approximate surface area is 90.4 Å². The molecular formula is C11H19N3O. The van der Waals surface area contributed by atoms with Crippen LogP contribution >= 0.6 is 0 Å². The van der Waals surface area contributed by atoms with Crippen LogP contribution in [0.15, 0.2) is 0 Å². The molecule has 0 spiro atoms. The summed E-state index contributed by atoms with van der Waals surface area (Å²) in [5.74, 6) is 1.06. The van der Waals surface area contributed by atoms with E-state index in [4.69, 9.17) is 4.74 Å². The fraction of sp³-hybridized carbons (Fsp3) is 0.727. The highest BCUT2D eigenvalue weighted by molar-refractivity contribution is 5.15. The molecule has 1 saturated heterocycles. The summed E-state index contributed by atoms with van der Waals surface area (Å²) in [6.07, 6.45) is 2.32. The highest BCUT2D eigenvalue weighted by Gasteiger charge is 2.27. The Hall–Kier alpha value is -0.870. The van der Waals surface area contributed by atoms with Crippen molar-refractivity contribution in [2.45, 2.75) is 38.8 Å². The number of methoxy groups -OCH3 is 1. The fourth-order valence-electron chi connectivity index (χ4n) is 2.12.